The van der Waals surface area contributed by atoms with Crippen LogP contribution in [0, 0.1) is 0 Å². The molecule has 2 unspecified atom stereocenters. The van der Waals surface area contributed by atoms with Crippen molar-refractivity contribution < 1.29 is 8.42 Å². The molecule has 21 heavy (non-hydrogen) atoms. The zero-order valence-corrected chi connectivity index (χ0v) is 13.8. The highest BCUT2D eigenvalue weighted by Crippen LogP contribution is 2.26. The standard InChI is InChI=1S/C14H28N4O2S/c1-13-11-17-6-2-3-14(17)12-18(13)21(19,20)10-9-16-7-4-15-5-8-16/h13-15H,2-12H2,1H3. The first kappa shape index (κ1) is 15.7. The molecule has 2 atom stereocenters. The van der Waals surface area contributed by atoms with Crippen molar-refractivity contribution in [2.75, 3.05) is 58.1 Å². The van der Waals surface area contributed by atoms with E-state index >= 15 is 0 Å². The number of rotatable bonds is 4. The molecular formula is C14H28N4O2S. The van der Waals surface area contributed by atoms with Crippen LogP contribution in [-0.4, -0.2) is 92.7 Å². The Bertz CT molecular complexity index is 450. The summed E-state index contributed by atoms with van der Waals surface area (Å²) in [6.45, 7) is 9.32. The van der Waals surface area contributed by atoms with Crippen molar-refractivity contribution in [3.8, 4) is 0 Å². The molecule has 0 radical (unpaired) electrons. The molecule has 0 aromatic heterocycles. The molecule has 3 saturated heterocycles. The Labute approximate surface area is 128 Å². The van der Waals surface area contributed by atoms with Gasteiger partial charge in [0.25, 0.3) is 0 Å². The molecule has 0 aromatic rings. The van der Waals surface area contributed by atoms with Crippen LogP contribution in [0.15, 0.2) is 0 Å². The zero-order valence-electron chi connectivity index (χ0n) is 13.0. The topological polar surface area (TPSA) is 55.9 Å². The lowest BCUT2D eigenvalue weighted by Crippen LogP contribution is -2.57. The Morgan fingerprint density at radius 3 is 2.67 bits per heavy atom. The van der Waals surface area contributed by atoms with Crippen LogP contribution < -0.4 is 5.32 Å². The van der Waals surface area contributed by atoms with E-state index < -0.39 is 10.0 Å². The molecule has 0 spiro atoms. The number of nitrogens with one attached hydrogen (secondary N) is 1. The van der Waals surface area contributed by atoms with Gasteiger partial charge in [-0.25, -0.2) is 8.42 Å². The number of hydrogen-bond donors (Lipinski definition) is 1. The second-order valence-corrected chi connectivity index (χ2v) is 8.66. The van der Waals surface area contributed by atoms with Crippen LogP contribution in [0.25, 0.3) is 0 Å². The molecule has 0 saturated carbocycles. The van der Waals surface area contributed by atoms with Crippen molar-refractivity contribution in [3.05, 3.63) is 0 Å². The van der Waals surface area contributed by atoms with Crippen LogP contribution in [0.1, 0.15) is 19.8 Å². The lowest BCUT2D eigenvalue weighted by molar-refractivity contribution is 0.116. The molecule has 6 nitrogen and oxygen atoms in total. The van der Waals surface area contributed by atoms with Crippen molar-refractivity contribution >= 4 is 10.0 Å². The summed E-state index contributed by atoms with van der Waals surface area (Å²) in [7, 11) is -3.13. The monoisotopic (exact) mass is 316 g/mol. The lowest BCUT2D eigenvalue weighted by atomic mass is 10.1. The summed E-state index contributed by atoms with van der Waals surface area (Å²) in [6.07, 6.45) is 2.36. The van der Waals surface area contributed by atoms with E-state index in [4.69, 9.17) is 0 Å². The van der Waals surface area contributed by atoms with Gasteiger partial charge in [-0.05, 0) is 26.3 Å². The summed E-state index contributed by atoms with van der Waals surface area (Å²) in [5.41, 5.74) is 0. The lowest BCUT2D eigenvalue weighted by Gasteiger charge is -2.41. The van der Waals surface area contributed by atoms with Crippen molar-refractivity contribution in [2.24, 2.45) is 0 Å². The highest BCUT2D eigenvalue weighted by molar-refractivity contribution is 7.89. The predicted molar refractivity (Wildman–Crippen MR) is 83.9 cm³/mol. The Balaban J connectivity index is 1.58. The van der Waals surface area contributed by atoms with E-state index in [9.17, 15) is 8.42 Å². The first-order valence-corrected chi connectivity index (χ1v) is 9.84. The maximum Gasteiger partial charge on any atom is 0.215 e. The molecule has 0 bridgehead atoms. The van der Waals surface area contributed by atoms with Gasteiger partial charge in [0.1, 0.15) is 0 Å². The average molecular weight is 316 g/mol. The molecule has 3 rings (SSSR count). The largest absolute Gasteiger partial charge is 0.314 e. The summed E-state index contributed by atoms with van der Waals surface area (Å²) in [5.74, 6) is 0.268. The first-order valence-electron chi connectivity index (χ1n) is 8.23. The van der Waals surface area contributed by atoms with E-state index in [1.54, 1.807) is 4.31 Å². The molecule has 3 aliphatic heterocycles. The first-order chi connectivity index (χ1) is 10.1. The van der Waals surface area contributed by atoms with Gasteiger partial charge in [0.15, 0.2) is 0 Å². The van der Waals surface area contributed by atoms with Crippen LogP contribution in [0.4, 0.5) is 0 Å². The van der Waals surface area contributed by atoms with Gasteiger partial charge in [-0.3, -0.25) is 9.80 Å². The quantitative estimate of drug-likeness (QED) is 0.750. The van der Waals surface area contributed by atoms with E-state index in [-0.39, 0.29) is 11.8 Å². The molecule has 3 heterocycles. The van der Waals surface area contributed by atoms with Gasteiger partial charge in [0.05, 0.1) is 5.75 Å². The Kier molecular flexibility index (Phi) is 4.85. The Hall–Kier alpha value is -0.210. The van der Waals surface area contributed by atoms with E-state index in [0.717, 1.165) is 45.7 Å². The third kappa shape index (κ3) is 3.59. The van der Waals surface area contributed by atoms with Gasteiger partial charge < -0.3 is 5.32 Å². The molecule has 122 valence electrons. The van der Waals surface area contributed by atoms with Crippen molar-refractivity contribution in [2.45, 2.75) is 31.8 Å². The minimum absolute atomic E-state index is 0.118. The van der Waals surface area contributed by atoms with Crippen LogP contribution >= 0.6 is 0 Å². The average Bonchev–Trinajstić information content (AvgIpc) is 2.92. The van der Waals surface area contributed by atoms with Crippen LogP contribution in [-0.2, 0) is 10.0 Å². The van der Waals surface area contributed by atoms with E-state index in [2.05, 4.69) is 22.0 Å². The zero-order chi connectivity index (χ0) is 14.9. The van der Waals surface area contributed by atoms with Gasteiger partial charge in [0, 0.05) is 57.9 Å². The van der Waals surface area contributed by atoms with Gasteiger partial charge in [-0.1, -0.05) is 0 Å². The van der Waals surface area contributed by atoms with Crippen LogP contribution in [0.2, 0.25) is 0 Å². The SMILES string of the molecule is CC1CN2CCCC2CN1S(=O)(=O)CCN1CCNCC1. The maximum absolute atomic E-state index is 12.7. The predicted octanol–water partition coefficient (Wildman–Crippen LogP) is -0.610. The van der Waals surface area contributed by atoms with Gasteiger partial charge in [-0.15, -0.1) is 0 Å². The number of sulfonamides is 1. The number of fused-ring (bicyclic) bond motifs is 1. The second kappa shape index (κ2) is 6.50. The molecule has 0 amide bonds. The second-order valence-electron chi connectivity index (χ2n) is 6.62. The minimum Gasteiger partial charge on any atom is -0.314 e. The highest BCUT2D eigenvalue weighted by atomic mass is 32.2. The molecule has 0 aromatic carbocycles. The fourth-order valence-electron chi connectivity index (χ4n) is 3.84. The fourth-order valence-corrected chi connectivity index (χ4v) is 5.58. The molecule has 3 fully saturated rings. The highest BCUT2D eigenvalue weighted by Gasteiger charge is 2.39. The van der Waals surface area contributed by atoms with Crippen molar-refractivity contribution in [1.29, 1.82) is 0 Å². The summed E-state index contributed by atoms with van der Waals surface area (Å²) in [4.78, 5) is 4.72. The van der Waals surface area contributed by atoms with Crippen LogP contribution in [0.5, 0.6) is 0 Å². The summed E-state index contributed by atoms with van der Waals surface area (Å²) < 4.78 is 27.2. The summed E-state index contributed by atoms with van der Waals surface area (Å²) in [5, 5.41) is 3.30. The number of nitrogens with zero attached hydrogens (tertiary/aromatic N) is 3. The minimum atomic E-state index is -3.13. The molecular weight excluding hydrogens is 288 g/mol. The smallest absolute Gasteiger partial charge is 0.215 e. The van der Waals surface area contributed by atoms with Gasteiger partial charge in [0.2, 0.25) is 10.0 Å². The Morgan fingerprint density at radius 1 is 1.14 bits per heavy atom. The summed E-state index contributed by atoms with van der Waals surface area (Å²) >= 11 is 0. The Morgan fingerprint density at radius 2 is 1.90 bits per heavy atom. The molecule has 0 aliphatic carbocycles. The fraction of sp³-hybridized carbons (Fsp3) is 1.00. The van der Waals surface area contributed by atoms with E-state index in [1.807, 2.05) is 0 Å². The number of hydrogen-bond acceptors (Lipinski definition) is 5. The molecule has 1 N–H and O–H groups in total. The maximum atomic E-state index is 12.7. The normalized spacial score (nSPS) is 33.2. The van der Waals surface area contributed by atoms with Gasteiger partial charge in [-0.2, -0.15) is 4.31 Å². The van der Waals surface area contributed by atoms with E-state index in [0.29, 0.717) is 19.1 Å². The van der Waals surface area contributed by atoms with Crippen molar-refractivity contribution in [3.63, 3.8) is 0 Å². The van der Waals surface area contributed by atoms with Gasteiger partial charge >= 0.3 is 0 Å². The third-order valence-corrected chi connectivity index (χ3v) is 7.03. The van der Waals surface area contributed by atoms with Crippen LogP contribution in [0.3, 0.4) is 0 Å². The molecule has 3 aliphatic rings. The third-order valence-electron chi connectivity index (χ3n) is 5.11. The molecule has 7 heteroatoms. The summed E-state index contributed by atoms with van der Waals surface area (Å²) in [6, 6.07) is 0.572. The number of piperazine rings is 2. The van der Waals surface area contributed by atoms with Crippen molar-refractivity contribution in [1.82, 2.24) is 19.4 Å². The van der Waals surface area contributed by atoms with E-state index in [1.165, 1.54) is 6.42 Å².